The summed E-state index contributed by atoms with van der Waals surface area (Å²) < 4.78 is 0. The van der Waals surface area contributed by atoms with Crippen molar-refractivity contribution in [2.24, 2.45) is 11.8 Å². The molecule has 2 heteroatoms. The molecule has 20 heavy (non-hydrogen) atoms. The van der Waals surface area contributed by atoms with Crippen molar-refractivity contribution in [3.8, 4) is 0 Å². The van der Waals surface area contributed by atoms with E-state index in [0.717, 1.165) is 31.0 Å². The SMILES string of the molecule is CC1CCC(C)C(NCCCN(C)c2ccccc2)C1. The van der Waals surface area contributed by atoms with Gasteiger partial charge in [-0.1, -0.05) is 38.5 Å². The number of nitrogens with one attached hydrogen (secondary N) is 1. The highest BCUT2D eigenvalue weighted by atomic mass is 15.1. The van der Waals surface area contributed by atoms with Gasteiger partial charge in [0, 0.05) is 25.3 Å². The minimum absolute atomic E-state index is 0.737. The number of benzene rings is 1. The summed E-state index contributed by atoms with van der Waals surface area (Å²) in [5, 5.41) is 3.78. The van der Waals surface area contributed by atoms with Crippen molar-refractivity contribution in [1.29, 1.82) is 0 Å². The van der Waals surface area contributed by atoms with Crippen molar-refractivity contribution in [2.45, 2.75) is 45.6 Å². The molecule has 1 saturated carbocycles. The van der Waals surface area contributed by atoms with Gasteiger partial charge in [-0.2, -0.15) is 0 Å². The highest BCUT2D eigenvalue weighted by Gasteiger charge is 2.24. The van der Waals surface area contributed by atoms with Crippen molar-refractivity contribution in [2.75, 3.05) is 25.0 Å². The zero-order chi connectivity index (χ0) is 14.4. The Kier molecular flexibility index (Phi) is 5.90. The Balaban J connectivity index is 1.66. The van der Waals surface area contributed by atoms with E-state index in [9.17, 15) is 0 Å². The number of para-hydroxylation sites is 1. The van der Waals surface area contributed by atoms with Crippen LogP contribution in [0.3, 0.4) is 0 Å². The average molecular weight is 274 g/mol. The van der Waals surface area contributed by atoms with Crippen LogP contribution in [0, 0.1) is 11.8 Å². The summed E-state index contributed by atoms with van der Waals surface area (Å²) in [7, 11) is 2.18. The molecule has 1 fully saturated rings. The van der Waals surface area contributed by atoms with E-state index in [4.69, 9.17) is 0 Å². The molecule has 2 rings (SSSR count). The normalized spacial score (nSPS) is 26.4. The highest BCUT2D eigenvalue weighted by Crippen LogP contribution is 2.28. The second-order valence-corrected chi connectivity index (χ2v) is 6.57. The molecule has 2 nitrogen and oxygen atoms in total. The van der Waals surface area contributed by atoms with E-state index in [1.54, 1.807) is 0 Å². The lowest BCUT2D eigenvalue weighted by Gasteiger charge is -2.33. The van der Waals surface area contributed by atoms with Crippen LogP contribution in [-0.2, 0) is 0 Å². The quantitative estimate of drug-likeness (QED) is 0.791. The van der Waals surface area contributed by atoms with E-state index in [1.807, 2.05) is 0 Å². The summed E-state index contributed by atoms with van der Waals surface area (Å²) in [6, 6.07) is 11.4. The zero-order valence-electron chi connectivity index (χ0n) is 13.3. The van der Waals surface area contributed by atoms with Gasteiger partial charge in [0.05, 0.1) is 0 Å². The topological polar surface area (TPSA) is 15.3 Å². The second kappa shape index (κ2) is 7.68. The molecule has 1 aromatic rings. The van der Waals surface area contributed by atoms with Crippen molar-refractivity contribution >= 4 is 5.69 Å². The fourth-order valence-electron chi connectivity index (χ4n) is 3.23. The molecule has 3 atom stereocenters. The lowest BCUT2D eigenvalue weighted by molar-refractivity contribution is 0.229. The van der Waals surface area contributed by atoms with Crippen molar-refractivity contribution in [1.82, 2.24) is 5.32 Å². The van der Waals surface area contributed by atoms with Crippen LogP contribution < -0.4 is 10.2 Å². The number of nitrogens with zero attached hydrogens (tertiary/aromatic N) is 1. The number of rotatable bonds is 6. The predicted octanol–water partition coefficient (Wildman–Crippen LogP) is 3.93. The van der Waals surface area contributed by atoms with E-state index >= 15 is 0 Å². The Morgan fingerprint density at radius 3 is 2.65 bits per heavy atom. The fourth-order valence-corrected chi connectivity index (χ4v) is 3.23. The Morgan fingerprint density at radius 2 is 1.90 bits per heavy atom. The van der Waals surface area contributed by atoms with Crippen molar-refractivity contribution in [3.05, 3.63) is 30.3 Å². The van der Waals surface area contributed by atoms with Crippen LogP contribution in [0.15, 0.2) is 30.3 Å². The summed E-state index contributed by atoms with van der Waals surface area (Å²) in [5.74, 6) is 1.74. The van der Waals surface area contributed by atoms with Crippen LogP contribution in [0.25, 0.3) is 0 Å². The Bertz CT molecular complexity index is 376. The summed E-state index contributed by atoms with van der Waals surface area (Å²) >= 11 is 0. The van der Waals surface area contributed by atoms with E-state index in [-0.39, 0.29) is 0 Å². The summed E-state index contributed by atoms with van der Waals surface area (Å²) in [6.45, 7) is 7.05. The molecule has 0 amide bonds. The Hall–Kier alpha value is -1.02. The third-order valence-electron chi connectivity index (χ3n) is 4.73. The molecule has 112 valence electrons. The monoisotopic (exact) mass is 274 g/mol. The molecule has 1 aliphatic rings. The molecule has 0 heterocycles. The zero-order valence-corrected chi connectivity index (χ0v) is 13.3. The van der Waals surface area contributed by atoms with Crippen molar-refractivity contribution in [3.63, 3.8) is 0 Å². The van der Waals surface area contributed by atoms with Gasteiger partial charge in [-0.15, -0.1) is 0 Å². The second-order valence-electron chi connectivity index (χ2n) is 6.57. The van der Waals surface area contributed by atoms with Gasteiger partial charge >= 0.3 is 0 Å². The van der Waals surface area contributed by atoms with Gasteiger partial charge in [-0.05, 0) is 49.8 Å². The fraction of sp³-hybridized carbons (Fsp3) is 0.667. The van der Waals surface area contributed by atoms with E-state index in [2.05, 4.69) is 61.4 Å². The van der Waals surface area contributed by atoms with Crippen LogP contribution in [0.1, 0.15) is 39.5 Å². The van der Waals surface area contributed by atoms with Crippen LogP contribution in [0.4, 0.5) is 5.69 Å². The first-order chi connectivity index (χ1) is 9.66. The van der Waals surface area contributed by atoms with Gasteiger partial charge in [-0.3, -0.25) is 0 Å². The standard InChI is InChI=1S/C18H30N2/c1-15-10-11-16(2)18(14-15)19-12-7-13-20(3)17-8-5-4-6-9-17/h4-6,8-9,15-16,18-19H,7,10-14H2,1-3H3. The van der Waals surface area contributed by atoms with E-state index in [0.29, 0.717) is 0 Å². The van der Waals surface area contributed by atoms with Gasteiger partial charge in [0.15, 0.2) is 0 Å². The molecule has 3 unspecified atom stereocenters. The minimum atomic E-state index is 0.737. The number of anilines is 1. The lowest BCUT2D eigenvalue weighted by atomic mass is 9.80. The molecular formula is C18H30N2. The molecule has 0 saturated heterocycles. The smallest absolute Gasteiger partial charge is 0.0363 e. The number of hydrogen-bond donors (Lipinski definition) is 1. The maximum atomic E-state index is 3.78. The van der Waals surface area contributed by atoms with Crippen LogP contribution in [0.2, 0.25) is 0 Å². The molecule has 1 aromatic carbocycles. The van der Waals surface area contributed by atoms with E-state index in [1.165, 1.54) is 31.4 Å². The lowest BCUT2D eigenvalue weighted by Crippen LogP contribution is -2.40. The third kappa shape index (κ3) is 4.52. The summed E-state index contributed by atoms with van der Waals surface area (Å²) in [6.07, 6.45) is 5.37. The Labute approximate surface area is 124 Å². The van der Waals surface area contributed by atoms with Crippen LogP contribution in [0.5, 0.6) is 0 Å². The predicted molar refractivity (Wildman–Crippen MR) is 88.3 cm³/mol. The molecular weight excluding hydrogens is 244 g/mol. The van der Waals surface area contributed by atoms with Gasteiger partial charge in [0.1, 0.15) is 0 Å². The average Bonchev–Trinajstić information content (AvgIpc) is 2.47. The minimum Gasteiger partial charge on any atom is -0.375 e. The first kappa shape index (κ1) is 15.4. The maximum Gasteiger partial charge on any atom is 0.0363 e. The largest absolute Gasteiger partial charge is 0.375 e. The molecule has 0 spiro atoms. The molecule has 0 bridgehead atoms. The highest BCUT2D eigenvalue weighted by molar-refractivity contribution is 5.44. The number of hydrogen-bond acceptors (Lipinski definition) is 2. The van der Waals surface area contributed by atoms with Gasteiger partial charge in [0.2, 0.25) is 0 Å². The summed E-state index contributed by atoms with van der Waals surface area (Å²) in [5.41, 5.74) is 1.31. The maximum absolute atomic E-state index is 3.78. The first-order valence-electron chi connectivity index (χ1n) is 8.16. The molecule has 0 radical (unpaired) electrons. The summed E-state index contributed by atoms with van der Waals surface area (Å²) in [4.78, 5) is 2.34. The van der Waals surface area contributed by atoms with E-state index < -0.39 is 0 Å². The Morgan fingerprint density at radius 1 is 1.15 bits per heavy atom. The molecule has 0 aromatic heterocycles. The van der Waals surface area contributed by atoms with Gasteiger partial charge < -0.3 is 10.2 Å². The van der Waals surface area contributed by atoms with Crippen LogP contribution in [-0.4, -0.2) is 26.2 Å². The van der Waals surface area contributed by atoms with Crippen molar-refractivity contribution < 1.29 is 0 Å². The molecule has 1 aliphatic carbocycles. The van der Waals surface area contributed by atoms with Gasteiger partial charge in [-0.25, -0.2) is 0 Å². The third-order valence-corrected chi connectivity index (χ3v) is 4.73. The first-order valence-corrected chi connectivity index (χ1v) is 8.16. The molecule has 1 N–H and O–H groups in total. The van der Waals surface area contributed by atoms with Crippen LogP contribution >= 0.6 is 0 Å². The molecule has 0 aliphatic heterocycles. The van der Waals surface area contributed by atoms with Gasteiger partial charge in [0.25, 0.3) is 0 Å².